The van der Waals surface area contributed by atoms with E-state index in [1.807, 2.05) is 6.07 Å². The Labute approximate surface area is 118 Å². The van der Waals surface area contributed by atoms with Gasteiger partial charge in [-0.1, -0.05) is 6.07 Å². The molecule has 0 aromatic carbocycles. The van der Waals surface area contributed by atoms with Gasteiger partial charge in [0.2, 0.25) is 5.91 Å². The van der Waals surface area contributed by atoms with Crippen molar-refractivity contribution in [2.24, 2.45) is 5.92 Å². The highest BCUT2D eigenvalue weighted by atomic mass is 32.1. The first-order valence-corrected chi connectivity index (χ1v) is 7.78. The van der Waals surface area contributed by atoms with Crippen LogP contribution in [0.25, 0.3) is 0 Å². The number of nitrogens with zero attached hydrogens (tertiary/aromatic N) is 1. The van der Waals surface area contributed by atoms with E-state index in [-0.39, 0.29) is 12.5 Å². The van der Waals surface area contributed by atoms with Crippen LogP contribution in [0, 0.1) is 5.92 Å². The molecule has 1 aliphatic rings. The van der Waals surface area contributed by atoms with Crippen molar-refractivity contribution in [1.29, 1.82) is 0 Å². The number of thiophene rings is 1. The van der Waals surface area contributed by atoms with Crippen LogP contribution >= 0.6 is 11.3 Å². The second kappa shape index (κ2) is 7.62. The third kappa shape index (κ3) is 4.93. The summed E-state index contributed by atoms with van der Waals surface area (Å²) in [5.74, 6) is 0.671. The molecule has 4 nitrogen and oxygen atoms in total. The average Bonchev–Trinajstić information content (AvgIpc) is 3.02. The van der Waals surface area contributed by atoms with Crippen molar-refractivity contribution < 1.29 is 9.90 Å². The van der Waals surface area contributed by atoms with Gasteiger partial charge in [-0.05, 0) is 43.2 Å². The van der Waals surface area contributed by atoms with Gasteiger partial charge in [-0.25, -0.2) is 0 Å². The van der Waals surface area contributed by atoms with Crippen molar-refractivity contribution in [3.05, 3.63) is 22.4 Å². The van der Waals surface area contributed by atoms with Crippen molar-refractivity contribution in [3.63, 3.8) is 0 Å². The molecule has 2 rings (SSSR count). The van der Waals surface area contributed by atoms with Gasteiger partial charge in [0.15, 0.2) is 0 Å². The minimum Gasteiger partial charge on any atom is -0.396 e. The Bertz CT molecular complexity index is 381. The maximum atomic E-state index is 11.8. The largest absolute Gasteiger partial charge is 0.396 e. The van der Waals surface area contributed by atoms with Gasteiger partial charge in [-0.3, -0.25) is 9.69 Å². The number of rotatable bonds is 7. The van der Waals surface area contributed by atoms with Crippen LogP contribution in [0.5, 0.6) is 0 Å². The van der Waals surface area contributed by atoms with Crippen LogP contribution in [0.4, 0.5) is 0 Å². The molecule has 0 aliphatic carbocycles. The molecule has 1 unspecified atom stereocenters. The smallest absolute Gasteiger partial charge is 0.234 e. The number of likely N-dealkylation sites (tertiary alicyclic amines) is 1. The SMILES string of the molecule is O=C(CN1CCC(CCO)C1)NCCc1cccs1. The van der Waals surface area contributed by atoms with E-state index in [1.165, 1.54) is 4.88 Å². The number of aliphatic hydroxyl groups is 1. The van der Waals surface area contributed by atoms with Gasteiger partial charge < -0.3 is 10.4 Å². The Balaban J connectivity index is 1.59. The topological polar surface area (TPSA) is 52.6 Å². The van der Waals surface area contributed by atoms with Crippen LogP contribution < -0.4 is 5.32 Å². The fourth-order valence-electron chi connectivity index (χ4n) is 2.51. The summed E-state index contributed by atoms with van der Waals surface area (Å²) in [6.45, 7) is 3.38. The quantitative estimate of drug-likeness (QED) is 0.788. The van der Waals surface area contributed by atoms with Gasteiger partial charge in [-0.2, -0.15) is 0 Å². The molecule has 5 heteroatoms. The molecule has 0 spiro atoms. The number of nitrogens with one attached hydrogen (secondary N) is 1. The van der Waals surface area contributed by atoms with Crippen LogP contribution in [0.3, 0.4) is 0 Å². The van der Waals surface area contributed by atoms with Gasteiger partial charge in [0, 0.05) is 24.6 Å². The standard InChI is InChI=1S/C14H22N2O2S/c17-8-5-12-4-7-16(10-12)11-14(18)15-6-3-13-2-1-9-19-13/h1-2,9,12,17H,3-8,10-11H2,(H,15,18). The minimum atomic E-state index is 0.112. The molecule has 2 heterocycles. The van der Waals surface area contributed by atoms with Crippen molar-refractivity contribution in [2.75, 3.05) is 32.8 Å². The minimum absolute atomic E-state index is 0.112. The van der Waals surface area contributed by atoms with E-state index < -0.39 is 0 Å². The van der Waals surface area contributed by atoms with E-state index in [0.717, 1.165) is 32.4 Å². The predicted octanol–water partition coefficient (Wildman–Crippen LogP) is 1.11. The lowest BCUT2D eigenvalue weighted by molar-refractivity contribution is -0.122. The number of hydrogen-bond donors (Lipinski definition) is 2. The first-order chi connectivity index (χ1) is 9.28. The molecule has 106 valence electrons. The van der Waals surface area contributed by atoms with Crippen LogP contribution in [0.2, 0.25) is 0 Å². The molecule has 1 aromatic heterocycles. The number of carbonyl (C=O) groups is 1. The molecule has 1 saturated heterocycles. The lowest BCUT2D eigenvalue weighted by Crippen LogP contribution is -2.36. The molecule has 0 radical (unpaired) electrons. The second-order valence-corrected chi connectivity index (χ2v) is 6.11. The molecule has 19 heavy (non-hydrogen) atoms. The van der Waals surface area contributed by atoms with Crippen LogP contribution in [-0.2, 0) is 11.2 Å². The van der Waals surface area contributed by atoms with E-state index in [4.69, 9.17) is 5.11 Å². The molecule has 2 N–H and O–H groups in total. The van der Waals surface area contributed by atoms with Crippen molar-refractivity contribution in [1.82, 2.24) is 10.2 Å². The predicted molar refractivity (Wildman–Crippen MR) is 77.3 cm³/mol. The third-order valence-corrected chi connectivity index (χ3v) is 4.48. The Morgan fingerprint density at radius 1 is 1.58 bits per heavy atom. The van der Waals surface area contributed by atoms with Gasteiger partial charge in [0.1, 0.15) is 0 Å². The average molecular weight is 282 g/mol. The lowest BCUT2D eigenvalue weighted by Gasteiger charge is -2.15. The molecular formula is C14H22N2O2S. The summed E-state index contributed by atoms with van der Waals surface area (Å²) in [7, 11) is 0. The van der Waals surface area contributed by atoms with E-state index in [9.17, 15) is 4.79 Å². The Morgan fingerprint density at radius 2 is 2.47 bits per heavy atom. The highest BCUT2D eigenvalue weighted by Crippen LogP contribution is 2.18. The first kappa shape index (κ1) is 14.5. The van der Waals surface area contributed by atoms with E-state index in [1.54, 1.807) is 11.3 Å². The molecule has 1 atom stereocenters. The molecule has 0 bridgehead atoms. The number of amides is 1. The van der Waals surface area contributed by atoms with Gasteiger partial charge >= 0.3 is 0 Å². The zero-order valence-corrected chi connectivity index (χ0v) is 12.0. The fraction of sp³-hybridized carbons (Fsp3) is 0.643. The summed E-state index contributed by atoms with van der Waals surface area (Å²) in [5, 5.41) is 13.9. The van der Waals surface area contributed by atoms with Crippen molar-refractivity contribution in [2.45, 2.75) is 19.3 Å². The van der Waals surface area contributed by atoms with Crippen LogP contribution in [0.1, 0.15) is 17.7 Å². The van der Waals surface area contributed by atoms with E-state index in [2.05, 4.69) is 21.7 Å². The lowest BCUT2D eigenvalue weighted by atomic mass is 10.1. The normalized spacial score (nSPS) is 19.7. The molecule has 1 aromatic rings. The summed E-state index contributed by atoms with van der Waals surface area (Å²) < 4.78 is 0. The summed E-state index contributed by atoms with van der Waals surface area (Å²) in [6, 6.07) is 4.13. The van der Waals surface area contributed by atoms with E-state index in [0.29, 0.717) is 19.0 Å². The fourth-order valence-corrected chi connectivity index (χ4v) is 3.22. The van der Waals surface area contributed by atoms with Crippen LogP contribution in [0.15, 0.2) is 17.5 Å². The molecular weight excluding hydrogens is 260 g/mol. The molecule has 1 aliphatic heterocycles. The zero-order valence-electron chi connectivity index (χ0n) is 11.2. The summed E-state index contributed by atoms with van der Waals surface area (Å²) in [5.41, 5.74) is 0. The molecule has 1 fully saturated rings. The maximum absolute atomic E-state index is 11.8. The van der Waals surface area contributed by atoms with E-state index >= 15 is 0 Å². The number of aliphatic hydroxyl groups excluding tert-OH is 1. The monoisotopic (exact) mass is 282 g/mol. The van der Waals surface area contributed by atoms with Gasteiger partial charge in [-0.15, -0.1) is 11.3 Å². The Kier molecular flexibility index (Phi) is 5.82. The highest BCUT2D eigenvalue weighted by Gasteiger charge is 2.23. The summed E-state index contributed by atoms with van der Waals surface area (Å²) >= 11 is 1.73. The van der Waals surface area contributed by atoms with Crippen molar-refractivity contribution >= 4 is 17.2 Å². The molecule has 1 amide bonds. The number of hydrogen-bond acceptors (Lipinski definition) is 4. The second-order valence-electron chi connectivity index (χ2n) is 5.08. The maximum Gasteiger partial charge on any atom is 0.234 e. The zero-order chi connectivity index (χ0) is 13.5. The Morgan fingerprint density at radius 3 is 3.21 bits per heavy atom. The van der Waals surface area contributed by atoms with Crippen molar-refractivity contribution in [3.8, 4) is 0 Å². The van der Waals surface area contributed by atoms with Gasteiger partial charge in [0.25, 0.3) is 0 Å². The Hall–Kier alpha value is -0.910. The molecule has 0 saturated carbocycles. The third-order valence-electron chi connectivity index (χ3n) is 3.55. The van der Waals surface area contributed by atoms with Crippen LogP contribution in [-0.4, -0.2) is 48.7 Å². The van der Waals surface area contributed by atoms with Gasteiger partial charge in [0.05, 0.1) is 6.54 Å². The highest BCUT2D eigenvalue weighted by molar-refractivity contribution is 7.09. The summed E-state index contributed by atoms with van der Waals surface area (Å²) in [4.78, 5) is 15.3. The summed E-state index contributed by atoms with van der Waals surface area (Å²) in [6.07, 6.45) is 2.87. The number of carbonyl (C=O) groups excluding carboxylic acids is 1. The first-order valence-electron chi connectivity index (χ1n) is 6.90.